The van der Waals surface area contributed by atoms with Crippen molar-refractivity contribution in [2.75, 3.05) is 26.7 Å². The van der Waals surface area contributed by atoms with Gasteiger partial charge in [-0.25, -0.2) is 0 Å². The van der Waals surface area contributed by atoms with E-state index in [1.165, 1.54) is 0 Å². The lowest BCUT2D eigenvalue weighted by atomic mass is 9.98. The number of benzene rings is 2. The Bertz CT molecular complexity index is 913. The summed E-state index contributed by atoms with van der Waals surface area (Å²) in [6.45, 7) is 0.947. The van der Waals surface area contributed by atoms with Crippen LogP contribution in [-0.4, -0.2) is 66.3 Å². The molecule has 2 aliphatic rings. The first-order valence-electron chi connectivity index (χ1n) is 9.65. The summed E-state index contributed by atoms with van der Waals surface area (Å²) < 4.78 is 5.12. The maximum absolute atomic E-state index is 12.9. The molecule has 0 bridgehead atoms. The fourth-order valence-electron chi connectivity index (χ4n) is 3.89. The standard InChI is InChI=1S/C22H23N3O4/c1-29-17-9-7-16(8-10-17)21(27)24-11-12-25-19(14-24)20(26)23-18(22(25)28)13-15-5-3-2-4-6-15/h2-10,18-19H,11-14H2,1H3,(H,23,26)/t18-,19+/m1/s1. The Hall–Kier alpha value is -3.35. The zero-order chi connectivity index (χ0) is 20.4. The zero-order valence-corrected chi connectivity index (χ0v) is 16.2. The molecule has 2 saturated heterocycles. The first-order valence-corrected chi connectivity index (χ1v) is 9.65. The highest BCUT2D eigenvalue weighted by atomic mass is 16.5. The fourth-order valence-corrected chi connectivity index (χ4v) is 3.89. The van der Waals surface area contributed by atoms with Crippen molar-refractivity contribution in [2.45, 2.75) is 18.5 Å². The minimum Gasteiger partial charge on any atom is -0.497 e. The van der Waals surface area contributed by atoms with E-state index in [0.29, 0.717) is 30.8 Å². The highest BCUT2D eigenvalue weighted by Gasteiger charge is 2.44. The van der Waals surface area contributed by atoms with Crippen molar-refractivity contribution in [1.29, 1.82) is 0 Å². The minimum atomic E-state index is -0.648. The second-order valence-electron chi connectivity index (χ2n) is 7.28. The number of amides is 3. The summed E-state index contributed by atoms with van der Waals surface area (Å²) >= 11 is 0. The molecule has 7 heteroatoms. The minimum absolute atomic E-state index is 0.0880. The van der Waals surface area contributed by atoms with E-state index in [4.69, 9.17) is 4.74 Å². The molecule has 0 saturated carbocycles. The van der Waals surface area contributed by atoms with E-state index in [1.807, 2.05) is 30.3 Å². The van der Waals surface area contributed by atoms with Gasteiger partial charge in [0.2, 0.25) is 11.8 Å². The van der Waals surface area contributed by atoms with Crippen molar-refractivity contribution >= 4 is 17.7 Å². The van der Waals surface area contributed by atoms with Crippen molar-refractivity contribution in [1.82, 2.24) is 15.1 Å². The summed E-state index contributed by atoms with van der Waals surface area (Å²) in [6, 6.07) is 15.3. The highest BCUT2D eigenvalue weighted by Crippen LogP contribution is 2.20. The number of rotatable bonds is 4. The van der Waals surface area contributed by atoms with Crippen molar-refractivity contribution in [3.8, 4) is 5.75 Å². The number of carbonyl (C=O) groups excluding carboxylic acids is 3. The normalized spacial score (nSPS) is 21.4. The largest absolute Gasteiger partial charge is 0.497 e. The summed E-state index contributed by atoms with van der Waals surface area (Å²) in [5.74, 6) is 0.222. The Kier molecular flexibility index (Phi) is 5.20. The smallest absolute Gasteiger partial charge is 0.254 e. The van der Waals surface area contributed by atoms with E-state index in [0.717, 1.165) is 5.56 Å². The SMILES string of the molecule is COc1ccc(C(=O)N2CCN3C(=O)[C@@H](Cc4ccccc4)NC(=O)[C@@H]3C2)cc1. The highest BCUT2D eigenvalue weighted by molar-refractivity contribution is 5.99. The van der Waals surface area contributed by atoms with Crippen LogP contribution in [-0.2, 0) is 16.0 Å². The summed E-state index contributed by atoms with van der Waals surface area (Å²) in [6.07, 6.45) is 0.461. The Morgan fingerprint density at radius 2 is 1.79 bits per heavy atom. The van der Waals surface area contributed by atoms with E-state index < -0.39 is 12.1 Å². The first kappa shape index (κ1) is 19.0. The number of hydrogen-bond donors (Lipinski definition) is 1. The second kappa shape index (κ2) is 7.95. The van der Waals surface area contributed by atoms with Gasteiger partial charge in [0, 0.05) is 25.1 Å². The van der Waals surface area contributed by atoms with Gasteiger partial charge in [0.15, 0.2) is 0 Å². The van der Waals surface area contributed by atoms with Crippen LogP contribution in [0.2, 0.25) is 0 Å². The molecule has 29 heavy (non-hydrogen) atoms. The number of nitrogens with zero attached hydrogens (tertiary/aromatic N) is 2. The number of piperazine rings is 2. The predicted molar refractivity (Wildman–Crippen MR) is 106 cm³/mol. The molecule has 2 heterocycles. The molecule has 2 aliphatic heterocycles. The molecule has 2 atom stereocenters. The van der Waals surface area contributed by atoms with Crippen LogP contribution in [0.15, 0.2) is 54.6 Å². The van der Waals surface area contributed by atoms with Crippen LogP contribution in [0.4, 0.5) is 0 Å². The fraction of sp³-hybridized carbons (Fsp3) is 0.318. The molecule has 2 fully saturated rings. The summed E-state index contributed by atoms with van der Waals surface area (Å²) in [5.41, 5.74) is 1.53. The molecule has 4 rings (SSSR count). The van der Waals surface area contributed by atoms with Crippen LogP contribution in [0.3, 0.4) is 0 Å². The summed E-state index contributed by atoms with van der Waals surface area (Å²) in [5, 5.41) is 2.84. The van der Waals surface area contributed by atoms with E-state index in [-0.39, 0.29) is 24.3 Å². The van der Waals surface area contributed by atoms with Gasteiger partial charge in [0.1, 0.15) is 17.8 Å². The molecular weight excluding hydrogens is 370 g/mol. The molecule has 7 nitrogen and oxygen atoms in total. The van der Waals surface area contributed by atoms with Gasteiger partial charge < -0.3 is 19.9 Å². The van der Waals surface area contributed by atoms with Crippen LogP contribution >= 0.6 is 0 Å². The third-order valence-corrected chi connectivity index (χ3v) is 5.49. The van der Waals surface area contributed by atoms with Gasteiger partial charge in [-0.3, -0.25) is 14.4 Å². The molecule has 0 aromatic heterocycles. The van der Waals surface area contributed by atoms with Crippen molar-refractivity contribution < 1.29 is 19.1 Å². The zero-order valence-electron chi connectivity index (χ0n) is 16.2. The van der Waals surface area contributed by atoms with E-state index in [9.17, 15) is 14.4 Å². The van der Waals surface area contributed by atoms with Gasteiger partial charge in [-0.1, -0.05) is 30.3 Å². The molecule has 2 aromatic rings. The summed E-state index contributed by atoms with van der Waals surface area (Å²) in [4.78, 5) is 41.7. The molecule has 0 spiro atoms. The first-order chi connectivity index (χ1) is 14.1. The second-order valence-corrected chi connectivity index (χ2v) is 7.28. The molecular formula is C22H23N3O4. The Balaban J connectivity index is 1.44. The number of nitrogens with one attached hydrogen (secondary N) is 1. The molecule has 0 aliphatic carbocycles. The Morgan fingerprint density at radius 3 is 2.48 bits per heavy atom. The third kappa shape index (κ3) is 3.81. The monoisotopic (exact) mass is 393 g/mol. The van der Waals surface area contributed by atoms with Crippen LogP contribution in [0.5, 0.6) is 5.75 Å². The van der Waals surface area contributed by atoms with Gasteiger partial charge in [0.05, 0.1) is 13.7 Å². The van der Waals surface area contributed by atoms with Gasteiger partial charge in [-0.15, -0.1) is 0 Å². The molecule has 3 amide bonds. The average molecular weight is 393 g/mol. The molecule has 0 unspecified atom stereocenters. The van der Waals surface area contributed by atoms with Gasteiger partial charge in [-0.05, 0) is 29.8 Å². The van der Waals surface area contributed by atoms with E-state index >= 15 is 0 Å². The van der Waals surface area contributed by atoms with Crippen molar-refractivity contribution in [2.24, 2.45) is 0 Å². The van der Waals surface area contributed by atoms with Crippen LogP contribution < -0.4 is 10.1 Å². The molecule has 1 N–H and O–H groups in total. The maximum Gasteiger partial charge on any atom is 0.254 e. The summed E-state index contributed by atoms with van der Waals surface area (Å²) in [7, 11) is 1.57. The lowest BCUT2D eigenvalue weighted by Gasteiger charge is -2.45. The quantitative estimate of drug-likeness (QED) is 0.844. The van der Waals surface area contributed by atoms with Crippen LogP contribution in [0, 0.1) is 0 Å². The van der Waals surface area contributed by atoms with Gasteiger partial charge >= 0.3 is 0 Å². The average Bonchev–Trinajstić information content (AvgIpc) is 2.77. The van der Waals surface area contributed by atoms with Crippen LogP contribution in [0.1, 0.15) is 15.9 Å². The topological polar surface area (TPSA) is 79.0 Å². The number of methoxy groups -OCH3 is 1. The number of ether oxygens (including phenoxy) is 1. The van der Waals surface area contributed by atoms with Gasteiger partial charge in [0.25, 0.3) is 5.91 Å². The lowest BCUT2D eigenvalue weighted by Crippen LogP contribution is -2.70. The number of fused-ring (bicyclic) bond motifs is 1. The maximum atomic E-state index is 12.9. The van der Waals surface area contributed by atoms with Crippen molar-refractivity contribution in [3.63, 3.8) is 0 Å². The Labute approximate surface area is 169 Å². The predicted octanol–water partition coefficient (Wildman–Crippen LogP) is 1.09. The Morgan fingerprint density at radius 1 is 1.07 bits per heavy atom. The lowest BCUT2D eigenvalue weighted by molar-refractivity contribution is -0.152. The van der Waals surface area contributed by atoms with E-state index in [2.05, 4.69) is 5.32 Å². The molecule has 0 radical (unpaired) electrons. The molecule has 2 aromatic carbocycles. The van der Waals surface area contributed by atoms with E-state index in [1.54, 1.807) is 41.2 Å². The third-order valence-electron chi connectivity index (χ3n) is 5.49. The van der Waals surface area contributed by atoms with Gasteiger partial charge in [-0.2, -0.15) is 0 Å². The van der Waals surface area contributed by atoms with Crippen LogP contribution in [0.25, 0.3) is 0 Å². The number of carbonyl (C=O) groups is 3. The number of hydrogen-bond acceptors (Lipinski definition) is 4. The molecule has 150 valence electrons. The van der Waals surface area contributed by atoms with Crippen molar-refractivity contribution in [3.05, 3.63) is 65.7 Å².